The van der Waals surface area contributed by atoms with E-state index in [-0.39, 0.29) is 11.9 Å². The molecule has 0 aliphatic carbocycles. The molecule has 1 fully saturated rings. The van der Waals surface area contributed by atoms with Gasteiger partial charge in [-0.2, -0.15) is 0 Å². The van der Waals surface area contributed by atoms with E-state index in [2.05, 4.69) is 0 Å². The normalized spacial score (nSPS) is 21.4. The number of carbonyl (C=O) groups is 1. The largest absolute Gasteiger partial charge is 0.466 e. The highest BCUT2D eigenvalue weighted by Gasteiger charge is 2.27. The lowest BCUT2D eigenvalue weighted by Crippen LogP contribution is -2.19. The maximum Gasteiger partial charge on any atom is 0.195 e. The van der Waals surface area contributed by atoms with Gasteiger partial charge in [-0.15, -0.1) is 0 Å². The summed E-state index contributed by atoms with van der Waals surface area (Å²) in [5.41, 5.74) is 0.675. The van der Waals surface area contributed by atoms with Gasteiger partial charge in [-0.05, 0) is 32.8 Å². The monoisotopic (exact) mass is 194 g/mol. The first kappa shape index (κ1) is 9.46. The third-order valence-corrected chi connectivity index (χ3v) is 2.53. The van der Waals surface area contributed by atoms with Crippen LogP contribution in [0, 0.1) is 13.8 Å². The van der Waals surface area contributed by atoms with E-state index in [9.17, 15) is 4.79 Å². The first-order valence-corrected chi connectivity index (χ1v) is 4.91. The van der Waals surface area contributed by atoms with E-state index in [4.69, 9.17) is 9.15 Å². The van der Waals surface area contributed by atoms with Crippen LogP contribution in [-0.4, -0.2) is 18.5 Å². The molecule has 1 saturated heterocycles. The van der Waals surface area contributed by atoms with E-state index in [0.717, 1.165) is 18.6 Å². The zero-order valence-corrected chi connectivity index (χ0v) is 8.50. The molecule has 2 rings (SSSR count). The van der Waals surface area contributed by atoms with Crippen molar-refractivity contribution in [2.75, 3.05) is 6.61 Å². The second-order valence-corrected chi connectivity index (χ2v) is 3.69. The number of rotatable bonds is 2. The summed E-state index contributed by atoms with van der Waals surface area (Å²) in [7, 11) is 0. The van der Waals surface area contributed by atoms with Crippen molar-refractivity contribution in [1.29, 1.82) is 0 Å². The van der Waals surface area contributed by atoms with Crippen LogP contribution in [0.1, 0.15) is 34.7 Å². The fourth-order valence-electron chi connectivity index (χ4n) is 1.83. The summed E-state index contributed by atoms with van der Waals surface area (Å²) in [5, 5.41) is 0. The van der Waals surface area contributed by atoms with Crippen molar-refractivity contribution >= 4 is 5.78 Å². The van der Waals surface area contributed by atoms with Gasteiger partial charge in [0.15, 0.2) is 5.78 Å². The average molecular weight is 194 g/mol. The minimum atomic E-state index is -0.245. The lowest BCUT2D eigenvalue weighted by molar-refractivity contribution is 0.0641. The van der Waals surface area contributed by atoms with Crippen LogP contribution >= 0.6 is 0 Å². The molecule has 0 spiro atoms. The highest BCUT2D eigenvalue weighted by atomic mass is 16.5. The van der Waals surface area contributed by atoms with Crippen LogP contribution in [0.2, 0.25) is 0 Å². The van der Waals surface area contributed by atoms with E-state index >= 15 is 0 Å². The minimum Gasteiger partial charge on any atom is -0.466 e. The van der Waals surface area contributed by atoms with E-state index in [1.165, 1.54) is 0 Å². The summed E-state index contributed by atoms with van der Waals surface area (Å²) in [6, 6.07) is 1.79. The Balaban J connectivity index is 2.21. The predicted molar refractivity (Wildman–Crippen MR) is 51.5 cm³/mol. The van der Waals surface area contributed by atoms with E-state index in [0.29, 0.717) is 17.9 Å². The van der Waals surface area contributed by atoms with Crippen molar-refractivity contribution in [2.24, 2.45) is 0 Å². The molecule has 0 saturated carbocycles. The molecule has 14 heavy (non-hydrogen) atoms. The molecule has 1 atom stereocenters. The molecule has 1 unspecified atom stereocenters. The zero-order valence-electron chi connectivity index (χ0n) is 8.50. The number of Topliss-reactive ketones (excluding diaryl/α,β-unsaturated/α-hetero) is 1. The number of aryl methyl sites for hydroxylation is 2. The molecule has 0 amide bonds. The first-order chi connectivity index (χ1) is 6.68. The third-order valence-electron chi connectivity index (χ3n) is 2.53. The smallest absolute Gasteiger partial charge is 0.195 e. The van der Waals surface area contributed by atoms with Crippen molar-refractivity contribution in [3.05, 3.63) is 23.2 Å². The molecule has 1 aliphatic heterocycles. The maximum atomic E-state index is 11.9. The Labute approximate surface area is 83.0 Å². The molecule has 0 radical (unpaired) electrons. The number of hydrogen-bond acceptors (Lipinski definition) is 3. The van der Waals surface area contributed by atoms with Gasteiger partial charge >= 0.3 is 0 Å². The molecule has 76 valence electrons. The van der Waals surface area contributed by atoms with E-state index in [1.54, 1.807) is 6.07 Å². The molecule has 1 aromatic rings. The van der Waals surface area contributed by atoms with Crippen LogP contribution in [0.5, 0.6) is 0 Å². The Morgan fingerprint density at radius 2 is 2.29 bits per heavy atom. The van der Waals surface area contributed by atoms with Crippen molar-refractivity contribution in [3.63, 3.8) is 0 Å². The van der Waals surface area contributed by atoms with Crippen molar-refractivity contribution in [3.8, 4) is 0 Å². The lowest BCUT2D eigenvalue weighted by atomic mass is 10.0. The lowest BCUT2D eigenvalue weighted by Gasteiger charge is -2.06. The SMILES string of the molecule is Cc1cc(C(=O)C2CCCO2)c(C)o1. The van der Waals surface area contributed by atoms with E-state index < -0.39 is 0 Å². The summed E-state index contributed by atoms with van der Waals surface area (Å²) in [6.07, 6.45) is 1.57. The van der Waals surface area contributed by atoms with Gasteiger partial charge in [0, 0.05) is 6.61 Å². The standard InChI is InChI=1S/C11H14O3/c1-7-6-9(8(2)14-7)11(12)10-4-3-5-13-10/h6,10H,3-5H2,1-2H3. The van der Waals surface area contributed by atoms with Gasteiger partial charge in [0.25, 0.3) is 0 Å². The topological polar surface area (TPSA) is 39.4 Å². The van der Waals surface area contributed by atoms with Gasteiger partial charge in [0.1, 0.15) is 17.6 Å². The molecular weight excluding hydrogens is 180 g/mol. The number of furan rings is 1. The highest BCUT2D eigenvalue weighted by molar-refractivity contribution is 6.00. The van der Waals surface area contributed by atoms with E-state index in [1.807, 2.05) is 13.8 Å². The fraction of sp³-hybridized carbons (Fsp3) is 0.545. The Bertz CT molecular complexity index is 345. The van der Waals surface area contributed by atoms with Gasteiger partial charge in [-0.25, -0.2) is 0 Å². The predicted octanol–water partition coefficient (Wildman–Crippen LogP) is 2.26. The number of carbonyl (C=O) groups excluding carboxylic acids is 1. The third kappa shape index (κ3) is 1.60. The summed E-state index contributed by atoms with van der Waals surface area (Å²) in [5.74, 6) is 1.55. The van der Waals surface area contributed by atoms with Gasteiger partial charge in [0.05, 0.1) is 5.56 Å². The summed E-state index contributed by atoms with van der Waals surface area (Å²) in [6.45, 7) is 4.36. The average Bonchev–Trinajstić information content (AvgIpc) is 2.73. The van der Waals surface area contributed by atoms with Crippen LogP contribution in [0.25, 0.3) is 0 Å². The zero-order chi connectivity index (χ0) is 10.1. The summed E-state index contributed by atoms with van der Waals surface area (Å²) >= 11 is 0. The molecule has 0 aromatic carbocycles. The second-order valence-electron chi connectivity index (χ2n) is 3.69. The van der Waals surface area contributed by atoms with Crippen LogP contribution < -0.4 is 0 Å². The molecule has 0 N–H and O–H groups in total. The number of ether oxygens (including phenoxy) is 1. The van der Waals surface area contributed by atoms with Gasteiger partial charge < -0.3 is 9.15 Å². The minimum absolute atomic E-state index is 0.0665. The van der Waals surface area contributed by atoms with Crippen molar-refractivity contribution in [1.82, 2.24) is 0 Å². The van der Waals surface area contributed by atoms with Crippen LogP contribution in [0.15, 0.2) is 10.5 Å². The van der Waals surface area contributed by atoms with Crippen molar-refractivity contribution in [2.45, 2.75) is 32.8 Å². The Morgan fingerprint density at radius 3 is 2.79 bits per heavy atom. The van der Waals surface area contributed by atoms with Crippen molar-refractivity contribution < 1.29 is 13.9 Å². The second kappa shape index (κ2) is 3.58. The Kier molecular flexibility index (Phi) is 2.42. The first-order valence-electron chi connectivity index (χ1n) is 4.91. The summed E-state index contributed by atoms with van der Waals surface area (Å²) < 4.78 is 10.7. The summed E-state index contributed by atoms with van der Waals surface area (Å²) in [4.78, 5) is 11.9. The molecule has 1 aromatic heterocycles. The molecule has 2 heterocycles. The number of ketones is 1. The highest BCUT2D eigenvalue weighted by Crippen LogP contribution is 2.21. The molecule has 3 heteroatoms. The Hall–Kier alpha value is -1.09. The molecule has 3 nitrogen and oxygen atoms in total. The quantitative estimate of drug-likeness (QED) is 0.678. The fourth-order valence-corrected chi connectivity index (χ4v) is 1.83. The Morgan fingerprint density at radius 1 is 1.50 bits per heavy atom. The molecule has 1 aliphatic rings. The molecular formula is C11H14O3. The van der Waals surface area contributed by atoms with Gasteiger partial charge in [-0.3, -0.25) is 4.79 Å². The van der Waals surface area contributed by atoms with Crippen LogP contribution in [0.3, 0.4) is 0 Å². The number of hydrogen-bond donors (Lipinski definition) is 0. The molecule has 0 bridgehead atoms. The maximum absolute atomic E-state index is 11.9. The van der Waals surface area contributed by atoms with Crippen LogP contribution in [0.4, 0.5) is 0 Å². The van der Waals surface area contributed by atoms with Gasteiger partial charge in [-0.1, -0.05) is 0 Å². The van der Waals surface area contributed by atoms with Crippen LogP contribution in [-0.2, 0) is 4.74 Å². The van der Waals surface area contributed by atoms with Gasteiger partial charge in [0.2, 0.25) is 0 Å².